The third-order valence-electron chi connectivity index (χ3n) is 4.59. The molecule has 2 aliphatic rings. The number of nitrogens with one attached hydrogen (secondary N) is 1. The van der Waals surface area contributed by atoms with Gasteiger partial charge in [0, 0.05) is 12.0 Å². The van der Waals surface area contributed by atoms with Crippen molar-refractivity contribution in [1.82, 2.24) is 5.32 Å². The zero-order valence-electron chi connectivity index (χ0n) is 10.3. The summed E-state index contributed by atoms with van der Waals surface area (Å²) in [6, 6.07) is 0. The third kappa shape index (κ3) is 2.10. The molecule has 2 rings (SSSR count). The van der Waals surface area contributed by atoms with E-state index in [0.717, 1.165) is 25.7 Å². The van der Waals surface area contributed by atoms with Crippen LogP contribution in [0.2, 0.25) is 0 Å². The first-order valence-corrected chi connectivity index (χ1v) is 6.63. The van der Waals surface area contributed by atoms with Crippen molar-refractivity contribution in [3.63, 3.8) is 0 Å². The number of hydrogen-bond acceptors (Lipinski definition) is 2. The number of carbonyl (C=O) groups excluding carboxylic acids is 1. The molecule has 3 N–H and O–H groups in total. The Morgan fingerprint density at radius 2 is 1.75 bits per heavy atom. The van der Waals surface area contributed by atoms with Crippen LogP contribution >= 0.6 is 0 Å². The maximum absolute atomic E-state index is 12.3. The Labute approximate surface area is 98.2 Å². The van der Waals surface area contributed by atoms with Crippen LogP contribution in [0, 0.1) is 5.41 Å². The van der Waals surface area contributed by atoms with Crippen molar-refractivity contribution in [3.05, 3.63) is 0 Å². The van der Waals surface area contributed by atoms with E-state index in [9.17, 15) is 4.79 Å². The van der Waals surface area contributed by atoms with Crippen LogP contribution in [0.1, 0.15) is 58.3 Å². The van der Waals surface area contributed by atoms with Gasteiger partial charge in [-0.1, -0.05) is 26.2 Å². The van der Waals surface area contributed by atoms with Gasteiger partial charge >= 0.3 is 0 Å². The summed E-state index contributed by atoms with van der Waals surface area (Å²) in [6.45, 7) is 2.71. The minimum Gasteiger partial charge on any atom is -0.349 e. The van der Waals surface area contributed by atoms with Crippen molar-refractivity contribution < 1.29 is 4.79 Å². The van der Waals surface area contributed by atoms with E-state index in [1.54, 1.807) is 0 Å². The molecule has 0 heterocycles. The van der Waals surface area contributed by atoms with Crippen molar-refractivity contribution in [1.29, 1.82) is 0 Å². The van der Waals surface area contributed by atoms with Gasteiger partial charge in [-0.05, 0) is 32.1 Å². The summed E-state index contributed by atoms with van der Waals surface area (Å²) < 4.78 is 0. The number of hydrogen-bond donors (Lipinski definition) is 2. The first-order chi connectivity index (χ1) is 7.60. The topological polar surface area (TPSA) is 55.1 Å². The van der Waals surface area contributed by atoms with Gasteiger partial charge in [0.25, 0.3) is 0 Å². The fourth-order valence-corrected chi connectivity index (χ4v) is 2.93. The van der Waals surface area contributed by atoms with Crippen LogP contribution in [-0.2, 0) is 4.79 Å². The number of carbonyl (C=O) groups is 1. The molecule has 0 aliphatic heterocycles. The first kappa shape index (κ1) is 11.9. The largest absolute Gasteiger partial charge is 0.349 e. The van der Waals surface area contributed by atoms with Crippen LogP contribution < -0.4 is 11.1 Å². The maximum atomic E-state index is 12.3. The molecule has 2 saturated carbocycles. The molecule has 0 saturated heterocycles. The molecular weight excluding hydrogens is 200 g/mol. The average Bonchev–Trinajstić information content (AvgIpc) is 2.24. The molecular formula is C13H24N2O. The van der Waals surface area contributed by atoms with Gasteiger partial charge in [0.15, 0.2) is 0 Å². The quantitative estimate of drug-likeness (QED) is 0.770. The van der Waals surface area contributed by atoms with Gasteiger partial charge in [-0.3, -0.25) is 4.79 Å². The van der Waals surface area contributed by atoms with Crippen molar-refractivity contribution in [2.75, 3.05) is 6.54 Å². The lowest BCUT2D eigenvalue weighted by molar-refractivity contribution is -0.135. The molecule has 16 heavy (non-hydrogen) atoms. The van der Waals surface area contributed by atoms with Gasteiger partial charge < -0.3 is 11.1 Å². The molecule has 0 aromatic rings. The standard InChI is InChI=1S/C13H24N2O/c1-12(6-3-2-4-7-12)11(16)15-13(10-14)8-5-9-13/h2-10,14H2,1H3,(H,15,16). The minimum absolute atomic E-state index is 0.0580. The Morgan fingerprint density at radius 1 is 1.12 bits per heavy atom. The first-order valence-electron chi connectivity index (χ1n) is 6.63. The highest BCUT2D eigenvalue weighted by atomic mass is 16.2. The minimum atomic E-state index is -0.129. The van der Waals surface area contributed by atoms with Crippen molar-refractivity contribution in [2.45, 2.75) is 63.8 Å². The Bertz CT molecular complexity index is 260. The molecule has 0 unspecified atom stereocenters. The van der Waals surface area contributed by atoms with E-state index >= 15 is 0 Å². The van der Waals surface area contributed by atoms with E-state index in [1.165, 1.54) is 25.7 Å². The highest BCUT2D eigenvalue weighted by Crippen LogP contribution is 2.38. The lowest BCUT2D eigenvalue weighted by Crippen LogP contribution is -2.61. The fraction of sp³-hybridized carbons (Fsp3) is 0.923. The van der Waals surface area contributed by atoms with Crippen LogP contribution in [0.15, 0.2) is 0 Å². The molecule has 0 spiro atoms. The van der Waals surface area contributed by atoms with Crippen LogP contribution in [0.25, 0.3) is 0 Å². The van der Waals surface area contributed by atoms with Crippen molar-refractivity contribution in [2.24, 2.45) is 11.1 Å². The summed E-state index contributed by atoms with van der Waals surface area (Å²) in [6.07, 6.45) is 9.08. The van der Waals surface area contributed by atoms with Crippen LogP contribution in [0.4, 0.5) is 0 Å². The molecule has 2 aliphatic carbocycles. The summed E-state index contributed by atoms with van der Waals surface area (Å²) in [4.78, 5) is 12.3. The van der Waals surface area contributed by atoms with Gasteiger partial charge in [-0.15, -0.1) is 0 Å². The van der Waals surface area contributed by atoms with Crippen LogP contribution in [0.5, 0.6) is 0 Å². The lowest BCUT2D eigenvalue weighted by Gasteiger charge is -2.44. The summed E-state index contributed by atoms with van der Waals surface area (Å²) in [5.74, 6) is 0.248. The summed E-state index contributed by atoms with van der Waals surface area (Å²) in [5, 5.41) is 3.23. The average molecular weight is 224 g/mol. The van der Waals surface area contributed by atoms with E-state index in [2.05, 4.69) is 12.2 Å². The number of nitrogens with two attached hydrogens (primary N) is 1. The second kappa shape index (κ2) is 4.36. The zero-order valence-corrected chi connectivity index (χ0v) is 10.3. The maximum Gasteiger partial charge on any atom is 0.226 e. The van der Waals surface area contributed by atoms with E-state index < -0.39 is 0 Å². The predicted octanol–water partition coefficient (Wildman–Crippen LogP) is 1.95. The fourth-order valence-electron chi connectivity index (χ4n) is 2.93. The van der Waals surface area contributed by atoms with E-state index in [4.69, 9.17) is 5.73 Å². The zero-order chi connectivity index (χ0) is 11.6. The predicted molar refractivity (Wildman–Crippen MR) is 65.0 cm³/mol. The number of rotatable bonds is 3. The summed E-state index contributed by atoms with van der Waals surface area (Å²) in [5.41, 5.74) is 5.59. The van der Waals surface area contributed by atoms with E-state index in [1.807, 2.05) is 0 Å². The highest BCUT2D eigenvalue weighted by Gasteiger charge is 2.42. The van der Waals surface area contributed by atoms with E-state index in [-0.39, 0.29) is 16.9 Å². The van der Waals surface area contributed by atoms with E-state index in [0.29, 0.717) is 6.54 Å². The molecule has 0 radical (unpaired) electrons. The van der Waals surface area contributed by atoms with Crippen molar-refractivity contribution in [3.8, 4) is 0 Å². The van der Waals surface area contributed by atoms with Gasteiger partial charge in [-0.25, -0.2) is 0 Å². The third-order valence-corrected chi connectivity index (χ3v) is 4.59. The molecule has 0 bridgehead atoms. The van der Waals surface area contributed by atoms with Crippen molar-refractivity contribution >= 4 is 5.91 Å². The van der Waals surface area contributed by atoms with Gasteiger partial charge in [0.1, 0.15) is 0 Å². The molecule has 3 nitrogen and oxygen atoms in total. The lowest BCUT2D eigenvalue weighted by atomic mass is 9.72. The summed E-state index contributed by atoms with van der Waals surface area (Å²) >= 11 is 0. The van der Waals surface area contributed by atoms with Gasteiger partial charge in [0.05, 0.1) is 5.54 Å². The Morgan fingerprint density at radius 3 is 2.19 bits per heavy atom. The molecule has 92 valence electrons. The Hall–Kier alpha value is -0.570. The van der Waals surface area contributed by atoms with Gasteiger partial charge in [0.2, 0.25) is 5.91 Å². The van der Waals surface area contributed by atoms with Crippen LogP contribution in [0.3, 0.4) is 0 Å². The van der Waals surface area contributed by atoms with Crippen LogP contribution in [-0.4, -0.2) is 18.0 Å². The SMILES string of the molecule is CC1(C(=O)NC2(CN)CCC2)CCCCC1. The Balaban J connectivity index is 1.96. The second-order valence-electron chi connectivity index (χ2n) is 5.91. The number of amides is 1. The normalized spacial score (nSPS) is 26.9. The Kier molecular flexibility index (Phi) is 3.24. The molecule has 0 aromatic heterocycles. The molecule has 3 heteroatoms. The molecule has 2 fully saturated rings. The summed E-state index contributed by atoms with van der Waals surface area (Å²) in [7, 11) is 0. The highest BCUT2D eigenvalue weighted by molar-refractivity contribution is 5.83. The molecule has 0 atom stereocenters. The second-order valence-corrected chi connectivity index (χ2v) is 5.91. The molecule has 0 aromatic carbocycles. The molecule has 1 amide bonds. The monoisotopic (exact) mass is 224 g/mol. The van der Waals surface area contributed by atoms with Gasteiger partial charge in [-0.2, -0.15) is 0 Å². The smallest absolute Gasteiger partial charge is 0.226 e.